The number of hydrogen-bond acceptors (Lipinski definition) is 4. The molecule has 1 amide bonds. The smallest absolute Gasteiger partial charge is 0.329 e. The lowest BCUT2D eigenvalue weighted by Crippen LogP contribution is -2.28. The molecule has 8 heteroatoms. The number of anilines is 1. The van der Waals surface area contributed by atoms with Crippen LogP contribution in [0.2, 0.25) is 0 Å². The number of para-hydroxylation sites is 2. The van der Waals surface area contributed by atoms with Crippen LogP contribution in [0, 0.1) is 0 Å². The minimum atomic E-state index is -0.714. The van der Waals surface area contributed by atoms with Gasteiger partial charge in [-0.05, 0) is 23.8 Å². The molecule has 0 spiro atoms. The molecule has 2 aromatic heterocycles. The topological polar surface area (TPSA) is 109 Å². The van der Waals surface area contributed by atoms with Crippen LogP contribution >= 0.6 is 0 Å². The Morgan fingerprint density at radius 2 is 1.70 bits per heavy atom. The number of aryl methyl sites for hydroxylation is 1. The summed E-state index contributed by atoms with van der Waals surface area (Å²) in [4.78, 5) is 43.7. The summed E-state index contributed by atoms with van der Waals surface area (Å²) in [6, 6.07) is 14.7. The molecular formula is C22H18N4O4. The Balaban J connectivity index is 1.94. The van der Waals surface area contributed by atoms with Crippen molar-refractivity contribution in [3.8, 4) is 17.0 Å². The summed E-state index contributed by atoms with van der Waals surface area (Å²) in [6.07, 6.45) is 0. The average Bonchev–Trinajstić information content (AvgIpc) is 3.29. The molecule has 1 aliphatic heterocycles. The molecule has 0 saturated heterocycles. The van der Waals surface area contributed by atoms with Gasteiger partial charge in [-0.25, -0.2) is 4.79 Å². The Morgan fingerprint density at radius 3 is 2.50 bits per heavy atom. The van der Waals surface area contributed by atoms with E-state index in [4.69, 9.17) is 4.74 Å². The predicted molar refractivity (Wildman–Crippen MR) is 113 cm³/mol. The molecule has 30 heavy (non-hydrogen) atoms. The molecule has 0 radical (unpaired) electrons. The molecule has 4 aromatic rings. The lowest BCUT2D eigenvalue weighted by molar-refractivity contribution is -0.116. The molecule has 1 unspecified atom stereocenters. The van der Waals surface area contributed by atoms with Crippen molar-refractivity contribution in [1.29, 1.82) is 0 Å². The lowest BCUT2D eigenvalue weighted by Gasteiger charge is -2.13. The number of rotatable bonds is 3. The highest BCUT2D eigenvalue weighted by atomic mass is 16.5. The van der Waals surface area contributed by atoms with Gasteiger partial charge in [-0.3, -0.25) is 19.1 Å². The molecule has 0 fully saturated rings. The number of methoxy groups -OCH3 is 1. The Kier molecular flexibility index (Phi) is 3.89. The van der Waals surface area contributed by atoms with Crippen molar-refractivity contribution in [2.75, 3.05) is 12.4 Å². The number of fused-ring (bicyclic) bond motifs is 2. The highest BCUT2D eigenvalue weighted by Gasteiger charge is 2.37. The summed E-state index contributed by atoms with van der Waals surface area (Å²) in [7, 11) is 3.12. The number of nitrogens with one attached hydrogen (secondary N) is 3. The van der Waals surface area contributed by atoms with Gasteiger partial charge in [0.1, 0.15) is 11.4 Å². The van der Waals surface area contributed by atoms with Crippen LogP contribution < -0.4 is 21.3 Å². The van der Waals surface area contributed by atoms with Crippen molar-refractivity contribution >= 4 is 22.6 Å². The second-order valence-electron chi connectivity index (χ2n) is 7.17. The molecular weight excluding hydrogens is 384 g/mol. The SMILES string of the molecule is COc1ccccc1-c1[nH]c2c(c1C1C(=O)Nc3ccccc31)c(=O)[nH]c(=O)n2C. The average molecular weight is 402 g/mol. The van der Waals surface area contributed by atoms with Gasteiger partial charge in [0.2, 0.25) is 5.91 Å². The van der Waals surface area contributed by atoms with E-state index in [2.05, 4.69) is 15.3 Å². The van der Waals surface area contributed by atoms with Gasteiger partial charge < -0.3 is 15.0 Å². The van der Waals surface area contributed by atoms with Crippen LogP contribution in [0.1, 0.15) is 17.0 Å². The Morgan fingerprint density at radius 1 is 0.967 bits per heavy atom. The van der Waals surface area contributed by atoms with Gasteiger partial charge in [0.05, 0.1) is 24.1 Å². The maximum Gasteiger partial charge on any atom is 0.329 e. The van der Waals surface area contributed by atoms with Gasteiger partial charge in [-0.1, -0.05) is 30.3 Å². The second kappa shape index (κ2) is 6.48. The Bertz CT molecular complexity index is 1440. The first-order valence-corrected chi connectivity index (χ1v) is 9.39. The minimum Gasteiger partial charge on any atom is -0.496 e. The molecule has 5 rings (SSSR count). The van der Waals surface area contributed by atoms with E-state index in [1.807, 2.05) is 42.5 Å². The first kappa shape index (κ1) is 18.0. The molecule has 3 heterocycles. The fourth-order valence-corrected chi connectivity index (χ4v) is 4.17. The van der Waals surface area contributed by atoms with E-state index in [1.165, 1.54) is 4.57 Å². The molecule has 1 aliphatic rings. The summed E-state index contributed by atoms with van der Waals surface area (Å²) in [5.41, 5.74) is 2.49. The van der Waals surface area contributed by atoms with E-state index in [0.29, 0.717) is 33.9 Å². The zero-order valence-electron chi connectivity index (χ0n) is 16.3. The standard InChI is InChI=1S/C22H18N4O4/c1-26-19-17(21(28)25-22(26)29)16(15-11-7-3-5-9-13(11)23-20(15)27)18(24-19)12-8-4-6-10-14(12)30-2/h3-10,15,24H,1-2H3,(H,23,27)(H,25,28,29). The number of carbonyl (C=O) groups is 1. The van der Waals surface area contributed by atoms with Crippen LogP contribution in [0.3, 0.4) is 0 Å². The third-order valence-electron chi connectivity index (χ3n) is 5.56. The highest BCUT2D eigenvalue weighted by Crippen LogP contribution is 2.44. The molecule has 0 bridgehead atoms. The first-order chi connectivity index (χ1) is 14.5. The number of benzene rings is 2. The maximum absolute atomic E-state index is 13.0. The van der Waals surface area contributed by atoms with Gasteiger partial charge in [0.15, 0.2) is 0 Å². The fourth-order valence-electron chi connectivity index (χ4n) is 4.17. The van der Waals surface area contributed by atoms with Gasteiger partial charge in [0.25, 0.3) is 5.56 Å². The third kappa shape index (κ3) is 2.43. The number of amides is 1. The highest BCUT2D eigenvalue weighted by molar-refractivity contribution is 6.09. The van der Waals surface area contributed by atoms with Crippen LogP contribution in [0.15, 0.2) is 58.1 Å². The van der Waals surface area contributed by atoms with Crippen LogP contribution in [0.25, 0.3) is 22.3 Å². The van der Waals surface area contributed by atoms with Crippen LogP contribution in [0.4, 0.5) is 5.69 Å². The molecule has 150 valence electrons. The van der Waals surface area contributed by atoms with Gasteiger partial charge in [-0.2, -0.15) is 0 Å². The number of nitrogens with zero attached hydrogens (tertiary/aromatic N) is 1. The first-order valence-electron chi connectivity index (χ1n) is 9.39. The maximum atomic E-state index is 13.0. The molecule has 3 N–H and O–H groups in total. The van der Waals surface area contributed by atoms with Gasteiger partial charge >= 0.3 is 5.69 Å². The predicted octanol–water partition coefficient (Wildman–Crippen LogP) is 2.31. The van der Waals surface area contributed by atoms with Gasteiger partial charge in [-0.15, -0.1) is 0 Å². The number of hydrogen-bond donors (Lipinski definition) is 3. The Hall–Kier alpha value is -4.07. The number of H-pyrrole nitrogens is 2. The van der Waals surface area contributed by atoms with E-state index < -0.39 is 17.2 Å². The fraction of sp³-hybridized carbons (Fsp3) is 0.136. The van der Waals surface area contributed by atoms with E-state index in [0.717, 1.165) is 5.56 Å². The van der Waals surface area contributed by atoms with Crippen molar-refractivity contribution in [3.63, 3.8) is 0 Å². The quantitative estimate of drug-likeness (QED) is 0.489. The normalized spacial score (nSPS) is 15.3. The summed E-state index contributed by atoms with van der Waals surface area (Å²) < 4.78 is 6.85. The lowest BCUT2D eigenvalue weighted by atomic mass is 9.89. The number of ether oxygens (including phenoxy) is 1. The molecule has 2 aromatic carbocycles. The van der Waals surface area contributed by atoms with Crippen LogP contribution in [0.5, 0.6) is 5.75 Å². The largest absolute Gasteiger partial charge is 0.496 e. The zero-order valence-corrected chi connectivity index (χ0v) is 16.3. The summed E-state index contributed by atoms with van der Waals surface area (Å²) in [5, 5.41) is 3.16. The van der Waals surface area contributed by atoms with Crippen LogP contribution in [-0.2, 0) is 11.8 Å². The number of aromatic nitrogens is 3. The molecule has 0 saturated carbocycles. The minimum absolute atomic E-state index is 0.235. The van der Waals surface area contributed by atoms with Crippen molar-refractivity contribution < 1.29 is 9.53 Å². The van der Waals surface area contributed by atoms with E-state index in [-0.39, 0.29) is 11.3 Å². The summed E-state index contributed by atoms with van der Waals surface area (Å²) in [5.74, 6) is -0.367. The molecule has 0 aliphatic carbocycles. The van der Waals surface area contributed by atoms with E-state index in [1.54, 1.807) is 20.2 Å². The molecule has 8 nitrogen and oxygen atoms in total. The van der Waals surface area contributed by atoms with Crippen molar-refractivity contribution in [3.05, 3.63) is 80.5 Å². The van der Waals surface area contributed by atoms with E-state index >= 15 is 0 Å². The second-order valence-corrected chi connectivity index (χ2v) is 7.17. The Labute approximate surface area is 170 Å². The monoisotopic (exact) mass is 402 g/mol. The van der Waals surface area contributed by atoms with Crippen molar-refractivity contribution in [2.24, 2.45) is 7.05 Å². The number of aromatic amines is 2. The number of carbonyl (C=O) groups excluding carboxylic acids is 1. The van der Waals surface area contributed by atoms with Crippen molar-refractivity contribution in [2.45, 2.75) is 5.92 Å². The van der Waals surface area contributed by atoms with Crippen molar-refractivity contribution in [1.82, 2.24) is 14.5 Å². The third-order valence-corrected chi connectivity index (χ3v) is 5.56. The van der Waals surface area contributed by atoms with Gasteiger partial charge in [0, 0.05) is 23.9 Å². The summed E-state index contributed by atoms with van der Waals surface area (Å²) >= 11 is 0. The molecule has 1 atom stereocenters. The van der Waals surface area contributed by atoms with Crippen LogP contribution in [-0.4, -0.2) is 27.6 Å². The zero-order chi connectivity index (χ0) is 21.0. The summed E-state index contributed by atoms with van der Waals surface area (Å²) in [6.45, 7) is 0. The van der Waals surface area contributed by atoms with E-state index in [9.17, 15) is 14.4 Å².